The summed E-state index contributed by atoms with van der Waals surface area (Å²) in [7, 11) is 6.24. The van der Waals surface area contributed by atoms with Crippen LogP contribution in [0.2, 0.25) is 0 Å². The molecule has 0 bridgehead atoms. The molecule has 2 fully saturated rings. The summed E-state index contributed by atoms with van der Waals surface area (Å²) in [5.41, 5.74) is 9.11. The summed E-state index contributed by atoms with van der Waals surface area (Å²) in [6.45, 7) is 24.5. The van der Waals surface area contributed by atoms with E-state index in [1.165, 1.54) is 11.4 Å². The summed E-state index contributed by atoms with van der Waals surface area (Å²) < 4.78 is 0. The van der Waals surface area contributed by atoms with Crippen molar-refractivity contribution < 1.29 is 0 Å². The lowest BCUT2D eigenvalue weighted by Gasteiger charge is -2.50. The van der Waals surface area contributed by atoms with Gasteiger partial charge in [-0.25, -0.2) is 0 Å². The van der Waals surface area contributed by atoms with Gasteiger partial charge in [-0.1, -0.05) is 45.4 Å². The number of guanidine groups is 2. The van der Waals surface area contributed by atoms with Gasteiger partial charge in [0, 0.05) is 81.6 Å². The number of aliphatic imine (C=N–C) groups is 2. The number of hydrogen-bond acceptors (Lipinski definition) is 4. The van der Waals surface area contributed by atoms with Crippen LogP contribution in [0.15, 0.2) is 45.9 Å². The standard InChI is InChI=1S/C33H62N8/c1-13-17-19-40(28-21-26(15-3)38(11)32(6,7)23-28)25(5)36-31(37-30(34)35-10)41(20-18-14-2)29-22-27(16-4)39(12)33(8,9)24-29/h15-16,28-29H,5,13-14,17-24H2,1-4,6-12H3,(H3,34,35,36,37)/b26-15-,27-16-. The van der Waals surface area contributed by atoms with Gasteiger partial charge in [-0.2, -0.15) is 9.98 Å². The Bertz CT molecular complexity index is 989. The third kappa shape index (κ3) is 8.68. The van der Waals surface area contributed by atoms with Crippen molar-refractivity contribution >= 4 is 11.9 Å². The monoisotopic (exact) mass is 571 g/mol. The van der Waals surface area contributed by atoms with Crippen molar-refractivity contribution in [1.82, 2.24) is 24.9 Å². The van der Waals surface area contributed by atoms with Crippen molar-refractivity contribution in [3.05, 3.63) is 35.9 Å². The van der Waals surface area contributed by atoms with E-state index in [0.717, 1.165) is 70.3 Å². The molecular formula is C33H62N8. The molecule has 0 aromatic heterocycles. The van der Waals surface area contributed by atoms with Crippen LogP contribution in [-0.2, 0) is 0 Å². The first-order chi connectivity index (χ1) is 19.3. The van der Waals surface area contributed by atoms with E-state index in [1.54, 1.807) is 0 Å². The molecule has 2 unspecified atom stereocenters. The minimum absolute atomic E-state index is 0.0192. The number of rotatable bonds is 10. The van der Waals surface area contributed by atoms with Gasteiger partial charge in [-0.05, 0) is 67.2 Å². The number of nitrogens with two attached hydrogens (primary N) is 1. The highest BCUT2D eigenvalue weighted by molar-refractivity contribution is 5.94. The van der Waals surface area contributed by atoms with Crippen LogP contribution in [0.4, 0.5) is 0 Å². The van der Waals surface area contributed by atoms with Crippen LogP contribution in [0.25, 0.3) is 0 Å². The first kappa shape index (κ1) is 34.6. The number of piperidine rings is 2. The number of likely N-dealkylation sites (tertiary alicyclic amines) is 2. The first-order valence-electron chi connectivity index (χ1n) is 15.9. The van der Waals surface area contributed by atoms with Crippen LogP contribution in [0, 0.1) is 0 Å². The van der Waals surface area contributed by atoms with Crippen molar-refractivity contribution in [1.29, 1.82) is 0 Å². The van der Waals surface area contributed by atoms with Gasteiger partial charge < -0.3 is 30.7 Å². The van der Waals surface area contributed by atoms with Crippen LogP contribution >= 0.6 is 0 Å². The van der Waals surface area contributed by atoms with Crippen molar-refractivity contribution in [2.45, 2.75) is 130 Å². The SMILES string of the molecule is C=C(/N=C(\N=C(/N)NC)N(CCCC)C1C/C(=C/C)N(C)C(C)(C)C1)N(CCCC)C1C/C(=C/C)N(C)C(C)(C)C1. The van der Waals surface area contributed by atoms with Crippen LogP contribution in [-0.4, -0.2) is 88.9 Å². The number of nitrogens with zero attached hydrogens (tertiary/aromatic N) is 6. The second-order valence-corrected chi connectivity index (χ2v) is 13.1. The minimum atomic E-state index is 0.0192. The topological polar surface area (TPSA) is 75.7 Å². The first-order valence-corrected chi connectivity index (χ1v) is 15.9. The average Bonchev–Trinajstić information content (AvgIpc) is 2.92. The summed E-state index contributed by atoms with van der Waals surface area (Å²) in [6, 6.07) is 0.586. The van der Waals surface area contributed by atoms with E-state index in [2.05, 4.69) is 113 Å². The smallest absolute Gasteiger partial charge is 0.230 e. The van der Waals surface area contributed by atoms with E-state index < -0.39 is 0 Å². The summed E-state index contributed by atoms with van der Waals surface area (Å²) in [5, 5.41) is 3.03. The number of allylic oxidation sites excluding steroid dienone is 2. The lowest BCUT2D eigenvalue weighted by Crippen LogP contribution is -2.54. The molecule has 0 aromatic rings. The molecule has 234 valence electrons. The van der Waals surface area contributed by atoms with Crippen molar-refractivity contribution in [3.8, 4) is 0 Å². The third-order valence-electron chi connectivity index (χ3n) is 9.38. The largest absolute Gasteiger partial charge is 0.373 e. The molecular weight excluding hydrogens is 508 g/mol. The van der Waals surface area contributed by atoms with Crippen molar-refractivity contribution in [2.75, 3.05) is 34.2 Å². The molecule has 0 radical (unpaired) electrons. The Morgan fingerprint density at radius 3 is 1.76 bits per heavy atom. The normalized spacial score (nSPS) is 25.0. The van der Waals surface area contributed by atoms with Crippen LogP contribution in [0.3, 0.4) is 0 Å². The number of nitrogens with one attached hydrogen (secondary N) is 1. The zero-order chi connectivity index (χ0) is 31.0. The lowest BCUT2D eigenvalue weighted by atomic mass is 9.84. The average molecular weight is 571 g/mol. The predicted octanol–water partition coefficient (Wildman–Crippen LogP) is 6.11. The number of hydrogen-bond donors (Lipinski definition) is 2. The maximum absolute atomic E-state index is 6.32. The molecule has 2 atom stereocenters. The molecule has 0 spiro atoms. The zero-order valence-electron chi connectivity index (χ0n) is 28.3. The van der Waals surface area contributed by atoms with Crippen LogP contribution in [0.1, 0.15) is 107 Å². The number of unbranched alkanes of at least 4 members (excludes halogenated alkanes) is 2. The van der Waals surface area contributed by atoms with Gasteiger partial charge >= 0.3 is 0 Å². The summed E-state index contributed by atoms with van der Waals surface area (Å²) in [6.07, 6.45) is 12.9. The Morgan fingerprint density at radius 2 is 1.34 bits per heavy atom. The fourth-order valence-corrected chi connectivity index (χ4v) is 6.29. The Morgan fingerprint density at radius 1 is 0.902 bits per heavy atom. The Kier molecular flexibility index (Phi) is 12.7. The Hall–Kier alpha value is -2.64. The van der Waals surface area contributed by atoms with E-state index >= 15 is 0 Å². The maximum Gasteiger partial charge on any atom is 0.230 e. The highest BCUT2D eigenvalue weighted by Crippen LogP contribution is 2.38. The van der Waals surface area contributed by atoms with Gasteiger partial charge in [0.15, 0.2) is 5.96 Å². The fraction of sp³-hybridized carbons (Fsp3) is 0.758. The van der Waals surface area contributed by atoms with E-state index in [1.807, 2.05) is 7.05 Å². The molecule has 2 heterocycles. The fourth-order valence-electron chi connectivity index (χ4n) is 6.29. The summed E-state index contributed by atoms with van der Waals surface area (Å²) in [5.74, 6) is 1.81. The molecule has 2 rings (SSSR count). The highest BCUT2D eigenvalue weighted by Gasteiger charge is 2.40. The van der Waals surface area contributed by atoms with E-state index in [9.17, 15) is 0 Å². The van der Waals surface area contributed by atoms with Gasteiger partial charge in [0.05, 0.1) is 0 Å². The quantitative estimate of drug-likeness (QED) is 0.244. The van der Waals surface area contributed by atoms with E-state index in [4.69, 9.17) is 15.7 Å². The molecule has 0 amide bonds. The van der Waals surface area contributed by atoms with Crippen LogP contribution in [0.5, 0.6) is 0 Å². The summed E-state index contributed by atoms with van der Waals surface area (Å²) in [4.78, 5) is 19.9. The lowest BCUT2D eigenvalue weighted by molar-refractivity contribution is 0.0811. The molecule has 8 nitrogen and oxygen atoms in total. The zero-order valence-corrected chi connectivity index (χ0v) is 28.3. The van der Waals surface area contributed by atoms with E-state index in [-0.39, 0.29) is 17.1 Å². The third-order valence-corrected chi connectivity index (χ3v) is 9.38. The molecule has 2 aliphatic heterocycles. The molecule has 0 saturated carbocycles. The highest BCUT2D eigenvalue weighted by atomic mass is 15.4. The molecule has 41 heavy (non-hydrogen) atoms. The molecule has 0 aromatic carbocycles. The predicted molar refractivity (Wildman–Crippen MR) is 178 cm³/mol. The van der Waals surface area contributed by atoms with Gasteiger partial charge in [0.25, 0.3) is 0 Å². The molecule has 8 heteroatoms. The molecule has 2 saturated heterocycles. The maximum atomic E-state index is 6.32. The van der Waals surface area contributed by atoms with Crippen molar-refractivity contribution in [3.63, 3.8) is 0 Å². The van der Waals surface area contributed by atoms with Gasteiger partial charge in [-0.3, -0.25) is 0 Å². The minimum Gasteiger partial charge on any atom is -0.373 e. The molecule has 2 aliphatic rings. The molecule has 0 aliphatic carbocycles. The molecule has 3 N–H and O–H groups in total. The van der Waals surface area contributed by atoms with Gasteiger partial charge in [0.2, 0.25) is 5.96 Å². The van der Waals surface area contributed by atoms with Gasteiger partial charge in [0.1, 0.15) is 5.82 Å². The van der Waals surface area contributed by atoms with Crippen LogP contribution < -0.4 is 11.1 Å². The van der Waals surface area contributed by atoms with E-state index in [0.29, 0.717) is 18.0 Å². The second-order valence-electron chi connectivity index (χ2n) is 13.1. The summed E-state index contributed by atoms with van der Waals surface area (Å²) >= 11 is 0. The Balaban J connectivity index is 2.59. The van der Waals surface area contributed by atoms with Crippen molar-refractivity contribution in [2.24, 2.45) is 15.7 Å². The van der Waals surface area contributed by atoms with Gasteiger partial charge in [-0.15, -0.1) is 0 Å². The second kappa shape index (κ2) is 15.0. The Labute approximate surface area is 252 Å².